The minimum absolute atomic E-state index is 0.140. The molecule has 0 aliphatic heterocycles. The predicted octanol–water partition coefficient (Wildman–Crippen LogP) is 18.1. The molecule has 0 aliphatic carbocycles. The lowest BCUT2D eigenvalue weighted by molar-refractivity contribution is -0.870. The Bertz CT molecular complexity index is 1770. The molecule has 0 rings (SSSR count). The average Bonchev–Trinajstić information content (AvgIpc) is 3.43. The summed E-state index contributed by atoms with van der Waals surface area (Å²) in [5.74, 6) is -2.30. The highest BCUT2D eigenvalue weighted by Crippen LogP contribution is 2.15. The second kappa shape index (κ2) is 60.5. The minimum Gasteiger partial charge on any atom is -0.545 e. The fraction of sp³-hybridized carbons (Fsp3) is 0.648. The van der Waals surface area contributed by atoms with Crippen LogP contribution in [0.15, 0.2) is 134 Å². The molecule has 0 aromatic rings. The number of rotatable bonds is 57. The lowest BCUT2D eigenvalue weighted by Crippen LogP contribution is -2.44. The third-order valence-electron chi connectivity index (χ3n) is 13.2. The molecule has 9 nitrogen and oxygen atoms in total. The van der Waals surface area contributed by atoms with E-state index in [4.69, 9.17) is 18.9 Å². The normalized spacial score (nSPS) is 13.7. The topological polar surface area (TPSA) is 111 Å². The summed E-state index contributed by atoms with van der Waals surface area (Å²) in [6, 6.07) is 0. The monoisotopic (exact) mass is 1110 g/mol. The Kier molecular flexibility index (Phi) is 57.1. The highest BCUT2D eigenvalue weighted by molar-refractivity contribution is 5.70. The first-order valence-electron chi connectivity index (χ1n) is 31.8. The molecule has 9 heteroatoms. The fourth-order valence-electron chi connectivity index (χ4n) is 8.31. The average molecular weight is 1110 g/mol. The predicted molar refractivity (Wildman–Crippen MR) is 338 cm³/mol. The number of allylic oxidation sites excluding steroid dienone is 22. The van der Waals surface area contributed by atoms with E-state index in [1.165, 1.54) is 89.9 Å². The van der Waals surface area contributed by atoms with Gasteiger partial charge in [0.1, 0.15) is 13.2 Å². The van der Waals surface area contributed by atoms with Gasteiger partial charge in [-0.05, 0) is 96.3 Å². The van der Waals surface area contributed by atoms with Gasteiger partial charge >= 0.3 is 11.9 Å². The van der Waals surface area contributed by atoms with Gasteiger partial charge in [0.15, 0.2) is 12.4 Å². The van der Waals surface area contributed by atoms with E-state index in [0.29, 0.717) is 17.4 Å². The van der Waals surface area contributed by atoms with Crippen molar-refractivity contribution in [2.75, 3.05) is 47.5 Å². The molecular formula is C71H117NO8. The van der Waals surface area contributed by atoms with E-state index in [2.05, 4.69) is 148 Å². The van der Waals surface area contributed by atoms with Crippen molar-refractivity contribution in [1.29, 1.82) is 0 Å². The van der Waals surface area contributed by atoms with Gasteiger partial charge in [-0.2, -0.15) is 0 Å². The zero-order valence-corrected chi connectivity index (χ0v) is 51.6. The first-order chi connectivity index (χ1) is 39.1. The van der Waals surface area contributed by atoms with Crippen LogP contribution in [0.1, 0.15) is 239 Å². The third-order valence-corrected chi connectivity index (χ3v) is 13.2. The Balaban J connectivity index is 4.17. The Morgan fingerprint density at radius 1 is 0.388 bits per heavy atom. The van der Waals surface area contributed by atoms with Crippen LogP contribution in [0.5, 0.6) is 0 Å². The first-order valence-corrected chi connectivity index (χ1v) is 31.8. The molecule has 0 aromatic heterocycles. The minimum atomic E-state index is -1.63. The highest BCUT2D eigenvalue weighted by Gasteiger charge is 2.22. The molecule has 0 fully saturated rings. The van der Waals surface area contributed by atoms with Crippen LogP contribution in [-0.2, 0) is 33.3 Å². The fourth-order valence-corrected chi connectivity index (χ4v) is 8.31. The lowest BCUT2D eigenvalue weighted by atomic mass is 10.0. The van der Waals surface area contributed by atoms with Gasteiger partial charge in [0.2, 0.25) is 0 Å². The molecule has 0 saturated carbocycles. The van der Waals surface area contributed by atoms with E-state index in [0.717, 1.165) is 116 Å². The van der Waals surface area contributed by atoms with Gasteiger partial charge in [-0.1, -0.05) is 263 Å². The summed E-state index contributed by atoms with van der Waals surface area (Å²) in [5, 5.41) is 11.8. The van der Waals surface area contributed by atoms with Crippen molar-refractivity contribution in [3.05, 3.63) is 134 Å². The Hall–Kier alpha value is -4.57. The molecule has 0 spiro atoms. The number of carbonyl (C=O) groups is 3. The number of ether oxygens (including phenoxy) is 4. The van der Waals surface area contributed by atoms with Crippen molar-refractivity contribution in [3.63, 3.8) is 0 Å². The number of carboxylic acids is 1. The number of hydrogen-bond donors (Lipinski definition) is 0. The van der Waals surface area contributed by atoms with Crippen molar-refractivity contribution >= 4 is 17.9 Å². The van der Waals surface area contributed by atoms with E-state index < -0.39 is 24.3 Å². The van der Waals surface area contributed by atoms with Gasteiger partial charge in [-0.25, -0.2) is 0 Å². The van der Waals surface area contributed by atoms with Gasteiger partial charge in [0, 0.05) is 12.8 Å². The zero-order chi connectivity index (χ0) is 58.3. The maximum atomic E-state index is 12.9. The number of likely N-dealkylation sites (N-methyl/N-ethyl adjacent to an activating group) is 1. The van der Waals surface area contributed by atoms with Crippen molar-refractivity contribution in [1.82, 2.24) is 0 Å². The van der Waals surface area contributed by atoms with Crippen LogP contribution in [0.3, 0.4) is 0 Å². The summed E-state index contributed by atoms with van der Waals surface area (Å²) in [7, 11) is 5.91. The molecular weight excluding hydrogens is 995 g/mol. The standard InChI is InChI=1S/C71H117NO8/c1-6-8-10-12-14-16-18-20-22-23-24-25-26-27-28-29-30-31-32-33-34-35-36-37-38-39-40-41-42-43-44-45-46-47-48-50-52-54-56-58-60-62-69(74)80-67(66-79-71(70(75)76)77-64-63-72(3,4)5)65-78-68(73)61-59-57-55-53-51-49-21-19-17-15-13-11-9-7-2/h8,10,14,16,20,22,24-25,27-28,30-31,33-34,36-37,39-40,42-43,45-46,67,71H,6-7,9,11-13,15,17-19,21,23,26,29,32,35,38,41,44,47-66H2,1-5H3/b10-8-,16-14-,22-20-,25-24-,28-27-,31-30-,34-33-,37-36-,40-39-,43-42-,46-45-. The Morgan fingerprint density at radius 3 is 1.06 bits per heavy atom. The molecule has 2 unspecified atom stereocenters. The van der Waals surface area contributed by atoms with Crippen LogP contribution in [0.4, 0.5) is 0 Å². The van der Waals surface area contributed by atoms with E-state index in [1.807, 2.05) is 21.1 Å². The molecule has 0 bridgehead atoms. The number of esters is 2. The maximum absolute atomic E-state index is 12.9. The molecule has 0 N–H and O–H groups in total. The lowest BCUT2D eigenvalue weighted by Gasteiger charge is -2.26. The van der Waals surface area contributed by atoms with Crippen LogP contribution < -0.4 is 5.11 Å². The second-order valence-electron chi connectivity index (χ2n) is 22.0. The summed E-state index contributed by atoms with van der Waals surface area (Å²) < 4.78 is 22.7. The highest BCUT2D eigenvalue weighted by atomic mass is 16.7. The quantitative estimate of drug-likeness (QED) is 0.0195. The summed E-state index contributed by atoms with van der Waals surface area (Å²) in [4.78, 5) is 37.3. The number of carboxylic acid groups (broad SMARTS) is 1. The van der Waals surface area contributed by atoms with Crippen molar-refractivity contribution in [2.45, 2.75) is 251 Å². The van der Waals surface area contributed by atoms with Crippen LogP contribution >= 0.6 is 0 Å². The number of carbonyl (C=O) groups excluding carboxylic acids is 3. The molecule has 0 aromatic carbocycles. The molecule has 80 heavy (non-hydrogen) atoms. The Morgan fingerprint density at radius 2 is 0.713 bits per heavy atom. The molecule has 0 amide bonds. The molecule has 454 valence electrons. The van der Waals surface area contributed by atoms with Gasteiger partial charge in [0.05, 0.1) is 40.3 Å². The number of unbranched alkanes of at least 4 members (excludes halogenated alkanes) is 20. The van der Waals surface area contributed by atoms with Crippen LogP contribution in [0.2, 0.25) is 0 Å². The van der Waals surface area contributed by atoms with Gasteiger partial charge in [-0.3, -0.25) is 9.59 Å². The molecule has 0 radical (unpaired) electrons. The Labute approximate surface area is 490 Å². The number of quaternary nitrogens is 1. The zero-order valence-electron chi connectivity index (χ0n) is 51.6. The molecule has 0 saturated heterocycles. The van der Waals surface area contributed by atoms with Gasteiger partial charge in [-0.15, -0.1) is 0 Å². The molecule has 0 heterocycles. The number of nitrogens with zero attached hydrogens (tertiary/aromatic N) is 1. The maximum Gasteiger partial charge on any atom is 0.306 e. The van der Waals surface area contributed by atoms with E-state index in [9.17, 15) is 19.5 Å². The summed E-state index contributed by atoms with van der Waals surface area (Å²) >= 11 is 0. The SMILES string of the molecule is CC/C=C\C/C=C\C/C=C\C/C=C\C/C=C\C/C=C\C/C=C\C/C=C\C/C=C\C/C=C\C/C=C\CCCCCCCCCC(=O)OC(COC(=O)CCCCCCCCCCCCCCCC)COC(OCC[N+](C)(C)C)C(=O)[O-]. The second-order valence-corrected chi connectivity index (χ2v) is 22.0. The largest absolute Gasteiger partial charge is 0.545 e. The van der Waals surface area contributed by atoms with E-state index in [1.54, 1.807) is 0 Å². The smallest absolute Gasteiger partial charge is 0.306 e. The van der Waals surface area contributed by atoms with Crippen molar-refractivity contribution < 1.29 is 42.9 Å². The van der Waals surface area contributed by atoms with Crippen LogP contribution in [0, 0.1) is 0 Å². The van der Waals surface area contributed by atoms with Crippen LogP contribution in [0.25, 0.3) is 0 Å². The first kappa shape index (κ1) is 75.4. The van der Waals surface area contributed by atoms with E-state index >= 15 is 0 Å². The third kappa shape index (κ3) is 61.1. The number of aliphatic carboxylic acids is 1. The number of hydrogen-bond acceptors (Lipinski definition) is 8. The molecule has 2 atom stereocenters. The summed E-state index contributed by atoms with van der Waals surface area (Å²) in [6.45, 7) is 4.61. The molecule has 0 aliphatic rings. The summed E-state index contributed by atoms with van der Waals surface area (Å²) in [5.41, 5.74) is 0. The van der Waals surface area contributed by atoms with E-state index in [-0.39, 0.29) is 38.6 Å². The summed E-state index contributed by atoms with van der Waals surface area (Å²) in [6.07, 6.45) is 83.7. The van der Waals surface area contributed by atoms with Crippen molar-refractivity contribution in [2.24, 2.45) is 0 Å². The van der Waals surface area contributed by atoms with Crippen LogP contribution in [-0.4, -0.2) is 82.3 Å². The van der Waals surface area contributed by atoms with Gasteiger partial charge < -0.3 is 33.3 Å². The van der Waals surface area contributed by atoms with Gasteiger partial charge in [0.25, 0.3) is 0 Å². The van der Waals surface area contributed by atoms with Crippen molar-refractivity contribution in [3.8, 4) is 0 Å².